The predicted octanol–water partition coefficient (Wildman–Crippen LogP) is 0.339. The summed E-state index contributed by atoms with van der Waals surface area (Å²) >= 11 is 0. The second kappa shape index (κ2) is 7.39. The standard InChI is InChI=1S/C12H17N3O3/c1-3-18-12-13-8-10(9-14-12)4-5-11(17)15(2)6-7-16/h4-5,8-9,16H,3,6-7H2,1-2H3/b5-4+. The second-order valence-electron chi connectivity index (χ2n) is 3.55. The van der Waals surface area contributed by atoms with E-state index >= 15 is 0 Å². The van der Waals surface area contributed by atoms with E-state index in [1.54, 1.807) is 25.5 Å². The van der Waals surface area contributed by atoms with Gasteiger partial charge in [-0.05, 0) is 13.0 Å². The first-order chi connectivity index (χ1) is 8.67. The van der Waals surface area contributed by atoms with E-state index in [1.165, 1.54) is 11.0 Å². The molecule has 1 aromatic heterocycles. The lowest BCUT2D eigenvalue weighted by atomic mass is 10.3. The number of likely N-dealkylation sites (N-methyl/N-ethyl adjacent to an activating group) is 1. The maximum atomic E-state index is 11.5. The van der Waals surface area contributed by atoms with E-state index in [0.29, 0.717) is 24.7 Å². The van der Waals surface area contributed by atoms with Crippen LogP contribution in [0.25, 0.3) is 6.08 Å². The molecule has 0 saturated carbocycles. The highest BCUT2D eigenvalue weighted by atomic mass is 16.5. The number of aliphatic hydroxyl groups excluding tert-OH is 1. The number of nitrogens with zero attached hydrogens (tertiary/aromatic N) is 3. The molecule has 0 atom stereocenters. The molecule has 1 aromatic rings. The number of aliphatic hydroxyl groups is 1. The van der Waals surface area contributed by atoms with E-state index in [2.05, 4.69) is 9.97 Å². The zero-order chi connectivity index (χ0) is 13.4. The lowest BCUT2D eigenvalue weighted by Gasteiger charge is -2.12. The van der Waals surface area contributed by atoms with Crippen LogP contribution >= 0.6 is 0 Å². The van der Waals surface area contributed by atoms with Crippen LogP contribution in [-0.2, 0) is 4.79 Å². The largest absolute Gasteiger partial charge is 0.464 e. The Kier molecular flexibility index (Phi) is 5.79. The lowest BCUT2D eigenvalue weighted by Crippen LogP contribution is -2.27. The fourth-order valence-corrected chi connectivity index (χ4v) is 1.17. The van der Waals surface area contributed by atoms with Crippen LogP contribution in [0.5, 0.6) is 6.01 Å². The van der Waals surface area contributed by atoms with Crippen LogP contribution in [-0.4, -0.2) is 52.7 Å². The molecule has 1 N–H and O–H groups in total. The van der Waals surface area contributed by atoms with Gasteiger partial charge in [-0.15, -0.1) is 0 Å². The van der Waals surface area contributed by atoms with Crippen molar-refractivity contribution in [3.8, 4) is 6.01 Å². The number of carbonyl (C=O) groups is 1. The van der Waals surface area contributed by atoms with Crippen molar-refractivity contribution in [1.29, 1.82) is 0 Å². The van der Waals surface area contributed by atoms with Gasteiger partial charge < -0.3 is 14.7 Å². The van der Waals surface area contributed by atoms with Crippen molar-refractivity contribution in [1.82, 2.24) is 14.9 Å². The van der Waals surface area contributed by atoms with E-state index in [9.17, 15) is 4.79 Å². The monoisotopic (exact) mass is 251 g/mol. The molecule has 0 aliphatic carbocycles. The molecule has 1 rings (SSSR count). The Hall–Kier alpha value is -1.95. The molecule has 0 aromatic carbocycles. The smallest absolute Gasteiger partial charge is 0.316 e. The van der Waals surface area contributed by atoms with Gasteiger partial charge in [-0.3, -0.25) is 4.79 Å². The number of amides is 1. The normalized spacial score (nSPS) is 10.6. The van der Waals surface area contributed by atoms with Gasteiger partial charge in [0.2, 0.25) is 5.91 Å². The van der Waals surface area contributed by atoms with Crippen LogP contribution in [0.3, 0.4) is 0 Å². The Labute approximate surface area is 106 Å². The van der Waals surface area contributed by atoms with Gasteiger partial charge in [0.05, 0.1) is 13.2 Å². The van der Waals surface area contributed by atoms with Gasteiger partial charge in [0.25, 0.3) is 0 Å². The van der Waals surface area contributed by atoms with Crippen molar-refractivity contribution >= 4 is 12.0 Å². The number of carbonyl (C=O) groups excluding carboxylic acids is 1. The van der Waals surface area contributed by atoms with Gasteiger partial charge in [0.1, 0.15) is 0 Å². The van der Waals surface area contributed by atoms with Gasteiger partial charge >= 0.3 is 6.01 Å². The topological polar surface area (TPSA) is 75.5 Å². The zero-order valence-electron chi connectivity index (χ0n) is 10.5. The molecule has 0 radical (unpaired) electrons. The first kappa shape index (κ1) is 14.1. The summed E-state index contributed by atoms with van der Waals surface area (Å²) in [5.74, 6) is -0.182. The SMILES string of the molecule is CCOc1ncc(/C=C/C(=O)N(C)CCO)cn1. The van der Waals surface area contributed by atoms with Crippen LogP contribution in [0.4, 0.5) is 0 Å². The van der Waals surface area contributed by atoms with Crippen LogP contribution in [0.1, 0.15) is 12.5 Å². The molecule has 0 saturated heterocycles. The van der Waals surface area contributed by atoms with Crippen molar-refractivity contribution in [3.63, 3.8) is 0 Å². The molecule has 0 aliphatic rings. The van der Waals surface area contributed by atoms with Crippen LogP contribution in [0, 0.1) is 0 Å². The third-order valence-corrected chi connectivity index (χ3v) is 2.15. The molecule has 0 spiro atoms. The van der Waals surface area contributed by atoms with Crippen LogP contribution in [0.2, 0.25) is 0 Å². The summed E-state index contributed by atoms with van der Waals surface area (Å²) in [6.07, 6.45) is 6.18. The maximum Gasteiger partial charge on any atom is 0.316 e. The minimum atomic E-state index is -0.182. The van der Waals surface area contributed by atoms with Gasteiger partial charge in [-0.2, -0.15) is 0 Å². The number of ether oxygens (including phenoxy) is 1. The molecule has 1 amide bonds. The summed E-state index contributed by atoms with van der Waals surface area (Å²) in [5.41, 5.74) is 0.712. The highest BCUT2D eigenvalue weighted by molar-refractivity contribution is 5.91. The highest BCUT2D eigenvalue weighted by Gasteiger charge is 2.03. The van der Waals surface area contributed by atoms with Crippen molar-refractivity contribution in [3.05, 3.63) is 24.0 Å². The fraction of sp³-hybridized carbons (Fsp3) is 0.417. The molecule has 18 heavy (non-hydrogen) atoms. The summed E-state index contributed by atoms with van der Waals surface area (Å²) in [6, 6.07) is 0.318. The summed E-state index contributed by atoms with van der Waals surface area (Å²) < 4.78 is 5.11. The molecule has 0 aliphatic heterocycles. The van der Waals surface area contributed by atoms with Crippen molar-refractivity contribution in [2.24, 2.45) is 0 Å². The third-order valence-electron chi connectivity index (χ3n) is 2.15. The average molecular weight is 251 g/mol. The van der Waals surface area contributed by atoms with Crippen molar-refractivity contribution in [2.75, 3.05) is 26.8 Å². The molecule has 98 valence electrons. The Bertz CT molecular complexity index is 404. The van der Waals surface area contributed by atoms with E-state index in [4.69, 9.17) is 9.84 Å². The van der Waals surface area contributed by atoms with E-state index in [-0.39, 0.29) is 12.5 Å². The van der Waals surface area contributed by atoms with E-state index < -0.39 is 0 Å². The van der Waals surface area contributed by atoms with Gasteiger partial charge in [0, 0.05) is 37.6 Å². The minimum Gasteiger partial charge on any atom is -0.464 e. The molecule has 0 bridgehead atoms. The lowest BCUT2D eigenvalue weighted by molar-refractivity contribution is -0.125. The number of hydrogen-bond acceptors (Lipinski definition) is 5. The Morgan fingerprint density at radius 2 is 2.17 bits per heavy atom. The molecular formula is C12H17N3O3. The molecule has 0 fully saturated rings. The maximum absolute atomic E-state index is 11.5. The molecule has 6 nitrogen and oxygen atoms in total. The predicted molar refractivity (Wildman–Crippen MR) is 67.0 cm³/mol. The average Bonchev–Trinajstić information content (AvgIpc) is 2.38. The Balaban J connectivity index is 2.58. The van der Waals surface area contributed by atoms with Gasteiger partial charge in [-0.1, -0.05) is 0 Å². The molecule has 0 unspecified atom stereocenters. The summed E-state index contributed by atoms with van der Waals surface area (Å²) in [4.78, 5) is 20.9. The summed E-state index contributed by atoms with van der Waals surface area (Å²) in [5, 5.41) is 8.70. The number of rotatable bonds is 6. The third kappa shape index (κ3) is 4.50. The summed E-state index contributed by atoms with van der Waals surface area (Å²) in [7, 11) is 1.62. The number of aromatic nitrogens is 2. The molecule has 6 heteroatoms. The van der Waals surface area contributed by atoms with E-state index in [0.717, 1.165) is 0 Å². The van der Waals surface area contributed by atoms with Crippen molar-refractivity contribution in [2.45, 2.75) is 6.92 Å². The molecule has 1 heterocycles. The first-order valence-electron chi connectivity index (χ1n) is 5.66. The fourth-order valence-electron chi connectivity index (χ4n) is 1.17. The van der Waals surface area contributed by atoms with Crippen LogP contribution in [0.15, 0.2) is 18.5 Å². The second-order valence-corrected chi connectivity index (χ2v) is 3.55. The first-order valence-corrected chi connectivity index (χ1v) is 5.66. The molecular weight excluding hydrogens is 234 g/mol. The Morgan fingerprint density at radius 1 is 1.50 bits per heavy atom. The van der Waals surface area contributed by atoms with Crippen LogP contribution < -0.4 is 4.74 Å². The quantitative estimate of drug-likeness (QED) is 0.738. The highest BCUT2D eigenvalue weighted by Crippen LogP contribution is 2.04. The summed E-state index contributed by atoms with van der Waals surface area (Å²) in [6.45, 7) is 2.62. The van der Waals surface area contributed by atoms with Crippen molar-refractivity contribution < 1.29 is 14.6 Å². The van der Waals surface area contributed by atoms with Gasteiger partial charge in [0.15, 0.2) is 0 Å². The minimum absolute atomic E-state index is 0.0533. The van der Waals surface area contributed by atoms with Gasteiger partial charge in [-0.25, -0.2) is 9.97 Å². The number of hydrogen-bond donors (Lipinski definition) is 1. The zero-order valence-corrected chi connectivity index (χ0v) is 10.5. The Morgan fingerprint density at radius 3 is 2.72 bits per heavy atom. The van der Waals surface area contributed by atoms with E-state index in [1.807, 2.05) is 6.92 Å².